The smallest absolute Gasteiger partial charge is 0.307 e. The van der Waals surface area contributed by atoms with Crippen LogP contribution in [0.5, 0.6) is 0 Å². The Kier molecular flexibility index (Phi) is 4.12. The van der Waals surface area contributed by atoms with Crippen LogP contribution >= 0.6 is 0 Å². The maximum absolute atomic E-state index is 12.3. The van der Waals surface area contributed by atoms with Gasteiger partial charge in [-0.3, -0.25) is 9.59 Å². The van der Waals surface area contributed by atoms with Crippen LogP contribution in [-0.2, 0) is 9.59 Å². The van der Waals surface area contributed by atoms with Crippen LogP contribution in [0.15, 0.2) is 18.2 Å². The van der Waals surface area contributed by atoms with Crippen molar-refractivity contribution in [1.82, 2.24) is 0 Å². The van der Waals surface area contributed by atoms with Gasteiger partial charge in [0.05, 0.1) is 11.8 Å². The summed E-state index contributed by atoms with van der Waals surface area (Å²) in [5, 5.41) is 12.1. The normalized spacial score (nSPS) is 25.4. The summed E-state index contributed by atoms with van der Waals surface area (Å²) in [6.07, 6.45) is 1.23. The van der Waals surface area contributed by atoms with Crippen LogP contribution in [-0.4, -0.2) is 17.0 Å². The van der Waals surface area contributed by atoms with Crippen molar-refractivity contribution in [2.75, 3.05) is 5.32 Å². The fourth-order valence-corrected chi connectivity index (χ4v) is 3.03. The first-order valence-electron chi connectivity index (χ1n) is 6.99. The molecule has 0 bridgehead atoms. The van der Waals surface area contributed by atoms with Gasteiger partial charge in [0.15, 0.2) is 0 Å². The number of carbonyl (C=O) groups excluding carboxylic acids is 1. The zero-order valence-electron chi connectivity index (χ0n) is 12.1. The molecule has 0 radical (unpaired) electrons. The second-order valence-corrected chi connectivity index (χ2v) is 5.94. The van der Waals surface area contributed by atoms with Crippen molar-refractivity contribution in [3.05, 3.63) is 29.3 Å². The third-order valence-electron chi connectivity index (χ3n) is 4.09. The Labute approximate surface area is 119 Å². The maximum Gasteiger partial charge on any atom is 0.307 e. The molecule has 108 valence electrons. The number of benzene rings is 1. The molecular weight excluding hydrogens is 254 g/mol. The Hall–Kier alpha value is -1.84. The van der Waals surface area contributed by atoms with Crippen molar-refractivity contribution in [1.29, 1.82) is 0 Å². The van der Waals surface area contributed by atoms with E-state index in [1.165, 1.54) is 0 Å². The van der Waals surface area contributed by atoms with Gasteiger partial charge in [-0.25, -0.2) is 0 Å². The van der Waals surface area contributed by atoms with Crippen molar-refractivity contribution in [2.24, 2.45) is 17.8 Å². The molecule has 1 unspecified atom stereocenters. The molecule has 20 heavy (non-hydrogen) atoms. The number of carboxylic acids is 1. The molecule has 3 atom stereocenters. The van der Waals surface area contributed by atoms with Crippen molar-refractivity contribution in [3.8, 4) is 0 Å². The van der Waals surface area contributed by atoms with E-state index in [0.717, 1.165) is 16.8 Å². The van der Waals surface area contributed by atoms with Crippen molar-refractivity contribution in [2.45, 2.75) is 33.6 Å². The third kappa shape index (κ3) is 3.00. The number of carboxylic acid groups (broad SMARTS) is 1. The topological polar surface area (TPSA) is 66.4 Å². The van der Waals surface area contributed by atoms with Gasteiger partial charge in [-0.1, -0.05) is 24.6 Å². The first kappa shape index (κ1) is 14.6. The van der Waals surface area contributed by atoms with E-state index in [9.17, 15) is 14.7 Å². The Morgan fingerprint density at radius 3 is 2.45 bits per heavy atom. The lowest BCUT2D eigenvalue weighted by atomic mass is 9.95. The lowest BCUT2D eigenvalue weighted by Crippen LogP contribution is -2.30. The minimum Gasteiger partial charge on any atom is -0.481 e. The number of amides is 1. The summed E-state index contributed by atoms with van der Waals surface area (Å²) in [4.78, 5) is 23.6. The molecule has 2 rings (SSSR count). The molecule has 1 amide bonds. The van der Waals surface area contributed by atoms with E-state index >= 15 is 0 Å². The van der Waals surface area contributed by atoms with E-state index in [1.54, 1.807) is 0 Å². The number of rotatable bonds is 3. The van der Waals surface area contributed by atoms with E-state index in [0.29, 0.717) is 12.8 Å². The minimum absolute atomic E-state index is 0.172. The number of hydrogen-bond donors (Lipinski definition) is 2. The Balaban J connectivity index is 2.13. The molecule has 1 aromatic carbocycles. The van der Waals surface area contributed by atoms with Crippen LogP contribution in [0.25, 0.3) is 0 Å². The predicted molar refractivity (Wildman–Crippen MR) is 77.6 cm³/mol. The highest BCUT2D eigenvalue weighted by molar-refractivity contribution is 5.96. The van der Waals surface area contributed by atoms with Crippen LogP contribution in [0.1, 0.15) is 30.9 Å². The zero-order chi connectivity index (χ0) is 14.9. The molecule has 2 N–H and O–H groups in total. The molecule has 0 aliphatic heterocycles. The molecule has 1 aliphatic carbocycles. The molecule has 0 heterocycles. The van der Waals surface area contributed by atoms with E-state index in [-0.39, 0.29) is 11.8 Å². The number of carbonyl (C=O) groups is 2. The van der Waals surface area contributed by atoms with E-state index in [4.69, 9.17) is 0 Å². The van der Waals surface area contributed by atoms with Crippen LogP contribution < -0.4 is 5.32 Å². The standard InChI is InChI=1S/C16H21NO3/c1-9-4-5-14(11(3)6-9)17-15(18)12-7-10(2)8-13(12)16(19)20/h4-6,10,12-13H,7-8H2,1-3H3,(H,17,18)(H,19,20)/t10?,12-,13+/m0/s1. The predicted octanol–water partition coefficient (Wildman–Crippen LogP) is 2.99. The third-order valence-corrected chi connectivity index (χ3v) is 4.09. The average molecular weight is 275 g/mol. The van der Waals surface area contributed by atoms with Gasteiger partial charge in [0.2, 0.25) is 5.91 Å². The lowest BCUT2D eigenvalue weighted by molar-refractivity contribution is -0.145. The molecule has 1 aliphatic rings. The zero-order valence-corrected chi connectivity index (χ0v) is 12.1. The van der Waals surface area contributed by atoms with E-state index in [1.807, 2.05) is 39.0 Å². The molecule has 1 aromatic rings. The molecular formula is C16H21NO3. The first-order chi connectivity index (χ1) is 9.38. The molecule has 1 fully saturated rings. The van der Waals surface area contributed by atoms with E-state index < -0.39 is 17.8 Å². The fraction of sp³-hybridized carbons (Fsp3) is 0.500. The van der Waals surface area contributed by atoms with Gasteiger partial charge in [-0.05, 0) is 44.2 Å². The largest absolute Gasteiger partial charge is 0.481 e. The average Bonchev–Trinajstić information content (AvgIpc) is 2.75. The van der Waals surface area contributed by atoms with Crippen molar-refractivity contribution < 1.29 is 14.7 Å². The van der Waals surface area contributed by atoms with Crippen LogP contribution in [0.3, 0.4) is 0 Å². The molecule has 0 aromatic heterocycles. The van der Waals surface area contributed by atoms with E-state index in [2.05, 4.69) is 5.32 Å². The lowest BCUT2D eigenvalue weighted by Gasteiger charge is -2.16. The van der Waals surface area contributed by atoms with Crippen molar-refractivity contribution >= 4 is 17.6 Å². The first-order valence-corrected chi connectivity index (χ1v) is 6.99. The second kappa shape index (κ2) is 5.65. The van der Waals surface area contributed by atoms with Crippen molar-refractivity contribution in [3.63, 3.8) is 0 Å². The summed E-state index contributed by atoms with van der Waals surface area (Å²) < 4.78 is 0. The van der Waals surface area contributed by atoms with Crippen LogP contribution in [0.4, 0.5) is 5.69 Å². The summed E-state index contributed by atoms with van der Waals surface area (Å²) in [6, 6.07) is 5.81. The summed E-state index contributed by atoms with van der Waals surface area (Å²) in [5.41, 5.74) is 2.90. The maximum atomic E-state index is 12.3. The van der Waals surface area contributed by atoms with Gasteiger partial charge < -0.3 is 10.4 Å². The van der Waals surface area contributed by atoms with Gasteiger partial charge >= 0.3 is 5.97 Å². The number of hydrogen-bond acceptors (Lipinski definition) is 2. The highest BCUT2D eigenvalue weighted by Gasteiger charge is 2.41. The monoisotopic (exact) mass is 275 g/mol. The minimum atomic E-state index is -0.866. The van der Waals surface area contributed by atoms with Gasteiger partial charge in [-0.15, -0.1) is 0 Å². The number of nitrogens with one attached hydrogen (secondary N) is 1. The summed E-state index contributed by atoms with van der Waals surface area (Å²) in [5.74, 6) is -1.74. The molecule has 4 nitrogen and oxygen atoms in total. The van der Waals surface area contributed by atoms with Crippen LogP contribution in [0, 0.1) is 31.6 Å². The Morgan fingerprint density at radius 2 is 1.85 bits per heavy atom. The quantitative estimate of drug-likeness (QED) is 0.891. The molecule has 0 saturated heterocycles. The fourth-order valence-electron chi connectivity index (χ4n) is 3.03. The number of anilines is 1. The molecule has 1 saturated carbocycles. The van der Waals surface area contributed by atoms with Gasteiger partial charge in [0, 0.05) is 5.69 Å². The molecule has 4 heteroatoms. The molecule has 0 spiro atoms. The highest BCUT2D eigenvalue weighted by Crippen LogP contribution is 2.37. The van der Waals surface area contributed by atoms with Gasteiger partial charge in [0.25, 0.3) is 0 Å². The summed E-state index contributed by atoms with van der Waals surface area (Å²) in [7, 11) is 0. The van der Waals surface area contributed by atoms with Gasteiger partial charge in [0.1, 0.15) is 0 Å². The summed E-state index contributed by atoms with van der Waals surface area (Å²) in [6.45, 7) is 5.94. The second-order valence-electron chi connectivity index (χ2n) is 5.94. The number of aliphatic carboxylic acids is 1. The van der Waals surface area contributed by atoms with Gasteiger partial charge in [-0.2, -0.15) is 0 Å². The summed E-state index contributed by atoms with van der Waals surface area (Å²) >= 11 is 0. The van der Waals surface area contributed by atoms with Crippen LogP contribution in [0.2, 0.25) is 0 Å². The number of aryl methyl sites for hydroxylation is 2. The Morgan fingerprint density at radius 1 is 1.20 bits per heavy atom. The highest BCUT2D eigenvalue weighted by atomic mass is 16.4. The Bertz CT molecular complexity index is 539. The SMILES string of the molecule is Cc1ccc(NC(=O)[C@H]2CC(C)C[C@H]2C(=O)O)c(C)c1.